The van der Waals surface area contributed by atoms with Crippen LogP contribution in [0.2, 0.25) is 10.0 Å². The molecule has 0 N–H and O–H groups in total. The van der Waals surface area contributed by atoms with Gasteiger partial charge in [-0.15, -0.1) is 0 Å². The molecule has 0 aromatic heterocycles. The normalized spacial score (nSPS) is 20.7. The molecule has 2 nitrogen and oxygen atoms in total. The summed E-state index contributed by atoms with van der Waals surface area (Å²) < 4.78 is 31.7. The predicted octanol–water partition coefficient (Wildman–Crippen LogP) is 7.93. The van der Waals surface area contributed by atoms with E-state index >= 15 is 0 Å². The zero-order valence-corrected chi connectivity index (χ0v) is 19.1. The van der Waals surface area contributed by atoms with Gasteiger partial charge in [0, 0.05) is 16.1 Å². The summed E-state index contributed by atoms with van der Waals surface area (Å²) in [6, 6.07) is 13.0. The van der Waals surface area contributed by atoms with Gasteiger partial charge in [0.05, 0.1) is 16.0 Å². The van der Waals surface area contributed by atoms with E-state index in [-0.39, 0.29) is 6.61 Å². The number of carbonyl (C=O) groups is 1. The minimum absolute atomic E-state index is 0.139. The molecular formula is C22H18Cl4F2O2. The summed E-state index contributed by atoms with van der Waals surface area (Å²) in [5.41, 5.74) is 1.55. The minimum Gasteiger partial charge on any atom is -0.460 e. The highest BCUT2D eigenvalue weighted by molar-refractivity contribution is 6.38. The van der Waals surface area contributed by atoms with Crippen LogP contribution in [-0.4, -0.2) is 11.4 Å². The number of rotatable bonds is 6. The van der Waals surface area contributed by atoms with Crippen molar-refractivity contribution in [3.63, 3.8) is 0 Å². The first-order valence-corrected chi connectivity index (χ1v) is 10.6. The van der Waals surface area contributed by atoms with Gasteiger partial charge in [0.2, 0.25) is 0 Å². The van der Waals surface area contributed by atoms with Crippen LogP contribution >= 0.6 is 46.4 Å². The van der Waals surface area contributed by atoms with E-state index in [1.807, 2.05) is 30.3 Å². The number of alkyl halides is 3. The molecule has 3 rings (SSSR count). The van der Waals surface area contributed by atoms with Crippen LogP contribution in [0, 0.1) is 17.3 Å². The molecule has 160 valence electrons. The first kappa shape index (κ1) is 23.3. The van der Waals surface area contributed by atoms with Crippen LogP contribution in [0.1, 0.15) is 19.4 Å². The Balaban J connectivity index is 1.76. The Morgan fingerprint density at radius 2 is 1.80 bits per heavy atom. The molecule has 0 heterocycles. The lowest BCUT2D eigenvalue weighted by Crippen LogP contribution is -2.11. The third-order valence-electron chi connectivity index (χ3n) is 5.39. The molecule has 0 saturated heterocycles. The number of hydrogen-bond donors (Lipinski definition) is 0. The lowest BCUT2D eigenvalue weighted by molar-refractivity contribution is -0.147. The average molecular weight is 494 g/mol. The number of allylic oxidation sites excluding steroid dienone is 2. The monoisotopic (exact) mass is 492 g/mol. The quantitative estimate of drug-likeness (QED) is 0.301. The van der Waals surface area contributed by atoms with Crippen molar-refractivity contribution in [2.24, 2.45) is 17.3 Å². The van der Waals surface area contributed by atoms with Crippen LogP contribution in [0.15, 0.2) is 53.6 Å². The van der Waals surface area contributed by atoms with E-state index in [0.717, 1.165) is 17.2 Å². The van der Waals surface area contributed by atoms with E-state index < -0.39 is 33.6 Å². The highest BCUT2D eigenvalue weighted by Gasteiger charge is 2.62. The second-order valence-corrected chi connectivity index (χ2v) is 9.37. The topological polar surface area (TPSA) is 26.3 Å². The zero-order valence-electron chi connectivity index (χ0n) is 16.1. The highest BCUT2D eigenvalue weighted by Crippen LogP contribution is 2.60. The standard InChI is InChI=1S/C22H18Cl4F2O2/c1-21(2)15(10-17(24)22(26,27)28)18(21)20(29)30-11-14-16(23)9-8-13(19(14)25)12-6-4-3-5-7-12/h3-10,15,18H,11H2,1-2H3/t15-,18-/m0/s1. The van der Waals surface area contributed by atoms with Crippen molar-refractivity contribution in [2.75, 3.05) is 0 Å². The molecular weight excluding hydrogens is 476 g/mol. The maximum Gasteiger partial charge on any atom is 0.358 e. The molecule has 2 aromatic carbocycles. The Morgan fingerprint density at radius 1 is 1.17 bits per heavy atom. The Morgan fingerprint density at radius 3 is 2.40 bits per heavy atom. The number of esters is 1. The summed E-state index contributed by atoms with van der Waals surface area (Å²) in [6.07, 6.45) is 1.12. The minimum atomic E-state index is -3.67. The van der Waals surface area contributed by atoms with Crippen molar-refractivity contribution in [1.29, 1.82) is 0 Å². The van der Waals surface area contributed by atoms with Crippen LogP contribution < -0.4 is 0 Å². The van der Waals surface area contributed by atoms with Gasteiger partial charge < -0.3 is 4.74 Å². The highest BCUT2D eigenvalue weighted by atomic mass is 35.5. The largest absolute Gasteiger partial charge is 0.460 e. The fraction of sp³-hybridized carbons (Fsp3) is 0.318. The third kappa shape index (κ3) is 4.77. The Kier molecular flexibility index (Phi) is 6.74. The van der Waals surface area contributed by atoms with Crippen molar-refractivity contribution in [3.05, 3.63) is 69.2 Å². The van der Waals surface area contributed by atoms with E-state index in [9.17, 15) is 13.6 Å². The van der Waals surface area contributed by atoms with Gasteiger partial charge in [0.25, 0.3) is 0 Å². The van der Waals surface area contributed by atoms with Gasteiger partial charge in [-0.3, -0.25) is 4.79 Å². The summed E-state index contributed by atoms with van der Waals surface area (Å²) in [6.45, 7) is 3.40. The summed E-state index contributed by atoms with van der Waals surface area (Å²) in [5, 5.41) is -3.73. The van der Waals surface area contributed by atoms with E-state index in [2.05, 4.69) is 0 Å². The molecule has 0 bridgehead atoms. The number of hydrogen-bond acceptors (Lipinski definition) is 2. The maximum atomic E-state index is 13.1. The van der Waals surface area contributed by atoms with Gasteiger partial charge >= 0.3 is 11.4 Å². The fourth-order valence-corrected chi connectivity index (χ4v) is 4.28. The molecule has 1 fully saturated rings. The SMILES string of the molecule is CC1(C)[C@H](C(=O)OCc2c(Cl)ccc(-c3ccccc3)c2Cl)[C@@H]1C=C(Cl)C(F)(F)Cl. The van der Waals surface area contributed by atoms with Gasteiger partial charge in [0.15, 0.2) is 0 Å². The van der Waals surface area contributed by atoms with Crippen molar-refractivity contribution in [2.45, 2.75) is 25.8 Å². The van der Waals surface area contributed by atoms with Gasteiger partial charge in [0.1, 0.15) is 6.61 Å². The van der Waals surface area contributed by atoms with E-state index in [1.165, 1.54) is 0 Å². The van der Waals surface area contributed by atoms with Crippen molar-refractivity contribution >= 4 is 52.4 Å². The van der Waals surface area contributed by atoms with Gasteiger partial charge in [-0.05, 0) is 34.6 Å². The van der Waals surface area contributed by atoms with Gasteiger partial charge in [-0.25, -0.2) is 0 Å². The molecule has 1 aliphatic rings. The van der Waals surface area contributed by atoms with Crippen molar-refractivity contribution < 1.29 is 18.3 Å². The second kappa shape index (κ2) is 8.66. The van der Waals surface area contributed by atoms with E-state index in [4.69, 9.17) is 51.1 Å². The molecule has 0 radical (unpaired) electrons. The molecule has 30 heavy (non-hydrogen) atoms. The van der Waals surface area contributed by atoms with Gasteiger partial charge in [-0.2, -0.15) is 8.78 Å². The molecule has 0 amide bonds. The zero-order chi connectivity index (χ0) is 22.3. The Bertz CT molecular complexity index is 985. The summed E-state index contributed by atoms with van der Waals surface area (Å²) >= 11 is 23.3. The number of halogens is 6. The molecule has 0 aliphatic heterocycles. The Labute approximate surface area is 193 Å². The van der Waals surface area contributed by atoms with Crippen LogP contribution in [0.25, 0.3) is 11.1 Å². The molecule has 1 saturated carbocycles. The van der Waals surface area contributed by atoms with Gasteiger partial charge in [-0.1, -0.05) is 91.1 Å². The van der Waals surface area contributed by atoms with Crippen molar-refractivity contribution in [3.8, 4) is 11.1 Å². The first-order chi connectivity index (χ1) is 13.9. The summed E-state index contributed by atoms with van der Waals surface area (Å²) in [7, 11) is 0. The second-order valence-electron chi connectivity index (χ2n) is 7.70. The molecule has 8 heteroatoms. The summed E-state index contributed by atoms with van der Waals surface area (Å²) in [5.74, 6) is -1.68. The molecule has 0 spiro atoms. The first-order valence-electron chi connectivity index (χ1n) is 9.08. The number of carbonyl (C=O) groups excluding carboxylic acids is 1. The molecule has 0 unspecified atom stereocenters. The predicted molar refractivity (Wildman–Crippen MR) is 117 cm³/mol. The van der Waals surface area contributed by atoms with E-state index in [0.29, 0.717) is 15.6 Å². The van der Waals surface area contributed by atoms with Crippen LogP contribution in [0.3, 0.4) is 0 Å². The fourth-order valence-electron chi connectivity index (χ4n) is 3.49. The average Bonchev–Trinajstić information content (AvgIpc) is 3.21. The summed E-state index contributed by atoms with van der Waals surface area (Å²) in [4.78, 5) is 12.6. The molecule has 1 aliphatic carbocycles. The lowest BCUT2D eigenvalue weighted by atomic mass is 10.0. The van der Waals surface area contributed by atoms with Crippen molar-refractivity contribution in [1.82, 2.24) is 0 Å². The maximum absolute atomic E-state index is 13.1. The molecule has 2 atom stereocenters. The van der Waals surface area contributed by atoms with Crippen LogP contribution in [-0.2, 0) is 16.1 Å². The smallest absolute Gasteiger partial charge is 0.358 e. The van der Waals surface area contributed by atoms with Crippen LogP contribution in [0.5, 0.6) is 0 Å². The van der Waals surface area contributed by atoms with E-state index in [1.54, 1.807) is 26.0 Å². The Hall–Kier alpha value is -1.33. The number of ether oxygens (including phenoxy) is 1. The lowest BCUT2D eigenvalue weighted by Gasteiger charge is -2.13. The molecule has 2 aromatic rings. The third-order valence-corrected chi connectivity index (χ3v) is 6.84. The van der Waals surface area contributed by atoms with Crippen LogP contribution in [0.4, 0.5) is 8.78 Å². The number of benzene rings is 2.